The molecule has 5 nitrogen and oxygen atoms in total. The number of amides is 1. The second-order valence-electron chi connectivity index (χ2n) is 7.91. The minimum atomic E-state index is 0.0108. The number of piperidine rings is 1. The molecular formula is C25H24N2O3S. The van der Waals surface area contributed by atoms with Crippen molar-refractivity contribution in [3.8, 4) is 10.9 Å². The SMILES string of the molecule is COc1cc2ccccc2cc1C(=O)N1CCC(Oc2nc3c(C)cccc3s2)CC1. The van der Waals surface area contributed by atoms with Crippen molar-refractivity contribution in [1.29, 1.82) is 0 Å². The molecule has 0 bridgehead atoms. The third-order valence-electron chi connectivity index (χ3n) is 5.90. The Labute approximate surface area is 185 Å². The Morgan fingerprint density at radius 3 is 2.52 bits per heavy atom. The van der Waals surface area contributed by atoms with Crippen molar-refractivity contribution in [2.45, 2.75) is 25.9 Å². The number of likely N-dealkylation sites (tertiary alicyclic amines) is 1. The first-order valence-electron chi connectivity index (χ1n) is 10.5. The van der Waals surface area contributed by atoms with Crippen molar-refractivity contribution in [3.05, 3.63) is 65.7 Å². The van der Waals surface area contributed by atoms with Crippen molar-refractivity contribution >= 4 is 38.2 Å². The third kappa shape index (κ3) is 3.83. The van der Waals surface area contributed by atoms with Gasteiger partial charge in [-0.15, -0.1) is 0 Å². The molecule has 4 aromatic rings. The van der Waals surface area contributed by atoms with Gasteiger partial charge >= 0.3 is 0 Å². The minimum absolute atomic E-state index is 0.0108. The molecule has 0 N–H and O–H groups in total. The highest BCUT2D eigenvalue weighted by Gasteiger charge is 2.27. The number of carbonyl (C=O) groups is 1. The molecular weight excluding hydrogens is 408 g/mol. The number of thiazole rings is 1. The molecule has 0 saturated carbocycles. The van der Waals surface area contributed by atoms with E-state index >= 15 is 0 Å². The molecule has 1 amide bonds. The lowest BCUT2D eigenvalue weighted by Crippen LogP contribution is -2.41. The molecule has 0 aliphatic carbocycles. The number of methoxy groups -OCH3 is 1. The van der Waals surface area contributed by atoms with Crippen LogP contribution in [0.1, 0.15) is 28.8 Å². The van der Waals surface area contributed by atoms with E-state index in [2.05, 4.69) is 24.0 Å². The molecule has 6 heteroatoms. The van der Waals surface area contributed by atoms with Crippen LogP contribution in [0.5, 0.6) is 10.9 Å². The van der Waals surface area contributed by atoms with E-state index < -0.39 is 0 Å². The molecule has 1 saturated heterocycles. The average molecular weight is 433 g/mol. The molecule has 2 heterocycles. The van der Waals surface area contributed by atoms with Gasteiger partial charge in [-0.3, -0.25) is 4.79 Å². The fraction of sp³-hybridized carbons (Fsp3) is 0.280. The molecule has 0 atom stereocenters. The number of hydrogen-bond donors (Lipinski definition) is 0. The summed E-state index contributed by atoms with van der Waals surface area (Å²) in [7, 11) is 1.61. The van der Waals surface area contributed by atoms with Crippen LogP contribution in [0.2, 0.25) is 0 Å². The summed E-state index contributed by atoms with van der Waals surface area (Å²) in [6, 6.07) is 18.1. The second-order valence-corrected chi connectivity index (χ2v) is 8.90. The zero-order valence-corrected chi connectivity index (χ0v) is 18.4. The summed E-state index contributed by atoms with van der Waals surface area (Å²) in [6.45, 7) is 3.38. The minimum Gasteiger partial charge on any atom is -0.496 e. The Kier molecular flexibility index (Phi) is 5.24. The van der Waals surface area contributed by atoms with Crippen LogP contribution in [0, 0.1) is 6.92 Å². The zero-order valence-electron chi connectivity index (χ0n) is 17.6. The van der Waals surface area contributed by atoms with Gasteiger partial charge in [0.25, 0.3) is 11.1 Å². The van der Waals surface area contributed by atoms with Crippen LogP contribution < -0.4 is 9.47 Å². The Hall–Kier alpha value is -3.12. The largest absolute Gasteiger partial charge is 0.496 e. The highest BCUT2D eigenvalue weighted by Crippen LogP contribution is 2.32. The van der Waals surface area contributed by atoms with Gasteiger partial charge in [0.15, 0.2) is 0 Å². The Bertz CT molecular complexity index is 1260. The molecule has 1 aliphatic heterocycles. The lowest BCUT2D eigenvalue weighted by Gasteiger charge is -2.32. The smallest absolute Gasteiger partial charge is 0.274 e. The first kappa shape index (κ1) is 19.8. The number of benzene rings is 3. The van der Waals surface area contributed by atoms with E-state index in [0.717, 1.165) is 39.4 Å². The van der Waals surface area contributed by atoms with Crippen LogP contribution >= 0.6 is 11.3 Å². The number of aromatic nitrogens is 1. The molecule has 1 aromatic heterocycles. The number of aryl methyl sites for hydroxylation is 1. The lowest BCUT2D eigenvalue weighted by atomic mass is 10.0. The molecule has 0 spiro atoms. The summed E-state index contributed by atoms with van der Waals surface area (Å²) in [5.74, 6) is 0.628. The van der Waals surface area contributed by atoms with E-state index in [-0.39, 0.29) is 12.0 Å². The predicted octanol–water partition coefficient (Wildman–Crippen LogP) is 5.45. The van der Waals surface area contributed by atoms with Gasteiger partial charge in [0, 0.05) is 25.9 Å². The number of rotatable bonds is 4. The van der Waals surface area contributed by atoms with Gasteiger partial charge in [-0.1, -0.05) is 47.7 Å². The highest BCUT2D eigenvalue weighted by atomic mass is 32.1. The summed E-state index contributed by atoms with van der Waals surface area (Å²) in [4.78, 5) is 19.8. The third-order valence-corrected chi connectivity index (χ3v) is 6.81. The first-order valence-corrected chi connectivity index (χ1v) is 11.3. The first-order chi connectivity index (χ1) is 15.1. The predicted molar refractivity (Wildman–Crippen MR) is 124 cm³/mol. The summed E-state index contributed by atoms with van der Waals surface area (Å²) >= 11 is 1.58. The number of carbonyl (C=O) groups excluding carboxylic acids is 1. The molecule has 1 aliphatic rings. The molecule has 158 valence electrons. The quantitative estimate of drug-likeness (QED) is 0.430. The maximum Gasteiger partial charge on any atom is 0.274 e. The van der Waals surface area contributed by atoms with Gasteiger partial charge in [-0.2, -0.15) is 0 Å². The van der Waals surface area contributed by atoms with Crippen LogP contribution in [-0.4, -0.2) is 42.1 Å². The van der Waals surface area contributed by atoms with Crippen molar-refractivity contribution in [1.82, 2.24) is 9.88 Å². The van der Waals surface area contributed by atoms with Crippen LogP contribution in [-0.2, 0) is 0 Å². The van der Waals surface area contributed by atoms with Gasteiger partial charge in [-0.05, 0) is 41.5 Å². The van der Waals surface area contributed by atoms with E-state index in [1.807, 2.05) is 47.4 Å². The van der Waals surface area contributed by atoms with E-state index in [1.165, 1.54) is 0 Å². The molecule has 31 heavy (non-hydrogen) atoms. The fourth-order valence-electron chi connectivity index (χ4n) is 4.16. The number of hydrogen-bond acceptors (Lipinski definition) is 5. The van der Waals surface area contributed by atoms with Crippen LogP contribution in [0.25, 0.3) is 21.0 Å². The van der Waals surface area contributed by atoms with E-state index in [0.29, 0.717) is 29.6 Å². The van der Waals surface area contributed by atoms with Gasteiger partial charge in [0.1, 0.15) is 11.9 Å². The Morgan fingerprint density at radius 1 is 1.06 bits per heavy atom. The van der Waals surface area contributed by atoms with Crippen molar-refractivity contribution in [2.24, 2.45) is 0 Å². The molecule has 0 radical (unpaired) electrons. The van der Waals surface area contributed by atoms with Gasteiger partial charge in [0.2, 0.25) is 0 Å². The summed E-state index contributed by atoms with van der Waals surface area (Å²) < 4.78 is 12.8. The topological polar surface area (TPSA) is 51.7 Å². The lowest BCUT2D eigenvalue weighted by molar-refractivity contribution is 0.0593. The Balaban J connectivity index is 1.28. The molecule has 1 fully saturated rings. The Morgan fingerprint density at radius 2 is 1.81 bits per heavy atom. The molecule has 5 rings (SSSR count). The standard InChI is InChI=1S/C25H24N2O3S/c1-16-6-5-9-22-23(16)26-25(31-22)30-19-10-12-27(13-11-19)24(28)20-14-17-7-3-4-8-18(17)15-21(20)29-2/h3-9,14-15,19H,10-13H2,1-2H3. The summed E-state index contributed by atoms with van der Waals surface area (Å²) in [6.07, 6.45) is 1.65. The van der Waals surface area contributed by atoms with Gasteiger partial charge in [0.05, 0.1) is 22.9 Å². The van der Waals surface area contributed by atoms with E-state index in [4.69, 9.17) is 9.47 Å². The van der Waals surface area contributed by atoms with E-state index in [1.54, 1.807) is 18.4 Å². The van der Waals surface area contributed by atoms with Crippen LogP contribution in [0.15, 0.2) is 54.6 Å². The monoisotopic (exact) mass is 432 g/mol. The van der Waals surface area contributed by atoms with Gasteiger partial charge in [-0.25, -0.2) is 4.98 Å². The molecule has 3 aromatic carbocycles. The highest BCUT2D eigenvalue weighted by molar-refractivity contribution is 7.20. The normalized spacial score (nSPS) is 14.8. The maximum absolute atomic E-state index is 13.2. The maximum atomic E-state index is 13.2. The number of fused-ring (bicyclic) bond motifs is 2. The number of para-hydroxylation sites is 1. The van der Waals surface area contributed by atoms with Crippen molar-refractivity contribution in [2.75, 3.05) is 20.2 Å². The number of nitrogens with zero attached hydrogens (tertiary/aromatic N) is 2. The average Bonchev–Trinajstić information content (AvgIpc) is 3.22. The summed E-state index contributed by atoms with van der Waals surface area (Å²) in [5, 5.41) is 2.82. The van der Waals surface area contributed by atoms with Crippen molar-refractivity contribution in [3.63, 3.8) is 0 Å². The van der Waals surface area contributed by atoms with Crippen LogP contribution in [0.4, 0.5) is 0 Å². The van der Waals surface area contributed by atoms with E-state index in [9.17, 15) is 4.79 Å². The van der Waals surface area contributed by atoms with Gasteiger partial charge < -0.3 is 14.4 Å². The number of ether oxygens (including phenoxy) is 2. The van der Waals surface area contributed by atoms with Crippen LogP contribution in [0.3, 0.4) is 0 Å². The zero-order chi connectivity index (χ0) is 21.4. The second kappa shape index (κ2) is 8.19. The summed E-state index contributed by atoms with van der Waals surface area (Å²) in [5.41, 5.74) is 2.79. The molecule has 0 unspecified atom stereocenters. The van der Waals surface area contributed by atoms with Crippen molar-refractivity contribution < 1.29 is 14.3 Å². The fourth-order valence-corrected chi connectivity index (χ4v) is 5.12.